The highest BCUT2D eigenvalue weighted by atomic mass is 16.5. The van der Waals surface area contributed by atoms with Gasteiger partial charge in [-0.15, -0.1) is 0 Å². The molecule has 0 unspecified atom stereocenters. The lowest BCUT2D eigenvalue weighted by molar-refractivity contribution is 0.163. The van der Waals surface area contributed by atoms with Gasteiger partial charge in [-0.25, -0.2) is 0 Å². The highest BCUT2D eigenvalue weighted by Gasteiger charge is 2.16. The monoisotopic (exact) mass is 171 g/mol. The van der Waals surface area contributed by atoms with Gasteiger partial charge in [-0.1, -0.05) is 20.4 Å². The Morgan fingerprint density at radius 1 is 1.50 bits per heavy atom. The molecule has 12 heavy (non-hydrogen) atoms. The molecule has 0 atom stereocenters. The Kier molecular flexibility index (Phi) is 4.32. The summed E-state index contributed by atoms with van der Waals surface area (Å²) in [6, 6.07) is 0. The molecule has 2 N–H and O–H groups in total. The predicted octanol–water partition coefficient (Wildman–Crippen LogP) is 2.30. The van der Waals surface area contributed by atoms with Gasteiger partial charge in [-0.3, -0.25) is 0 Å². The van der Waals surface area contributed by atoms with Crippen molar-refractivity contribution in [1.29, 1.82) is 0 Å². The highest BCUT2D eigenvalue weighted by molar-refractivity contribution is 5.03. The Morgan fingerprint density at radius 3 is 2.33 bits per heavy atom. The van der Waals surface area contributed by atoms with Gasteiger partial charge in [-0.05, 0) is 26.2 Å². The van der Waals surface area contributed by atoms with Crippen LogP contribution in [0.1, 0.15) is 34.1 Å². The Labute approximate surface area is 75.8 Å². The van der Waals surface area contributed by atoms with Crippen molar-refractivity contribution < 1.29 is 4.74 Å². The van der Waals surface area contributed by atoms with Crippen molar-refractivity contribution in [1.82, 2.24) is 0 Å². The van der Waals surface area contributed by atoms with E-state index in [1.807, 2.05) is 13.8 Å². The number of nitrogens with two attached hydrogens (primary N) is 1. The zero-order chi connectivity index (χ0) is 9.78. The second-order valence-corrected chi connectivity index (χ2v) is 4.18. The summed E-state index contributed by atoms with van der Waals surface area (Å²) in [5.74, 6) is 1.34. The van der Waals surface area contributed by atoms with E-state index in [0.717, 1.165) is 13.0 Å². The van der Waals surface area contributed by atoms with Crippen LogP contribution in [0.3, 0.4) is 0 Å². The lowest BCUT2D eigenvalue weighted by atomic mass is 10.1. The van der Waals surface area contributed by atoms with E-state index in [4.69, 9.17) is 10.5 Å². The van der Waals surface area contributed by atoms with E-state index in [1.165, 1.54) is 0 Å². The van der Waals surface area contributed by atoms with Crippen molar-refractivity contribution in [2.75, 3.05) is 6.61 Å². The Hall–Kier alpha value is -0.500. The second kappa shape index (κ2) is 4.51. The van der Waals surface area contributed by atoms with Crippen molar-refractivity contribution in [3.8, 4) is 0 Å². The third-order valence-corrected chi connectivity index (χ3v) is 1.69. The molecule has 0 aliphatic carbocycles. The molecule has 2 nitrogen and oxygen atoms in total. The average molecular weight is 171 g/mol. The predicted molar refractivity (Wildman–Crippen MR) is 52.8 cm³/mol. The second-order valence-electron chi connectivity index (χ2n) is 4.18. The van der Waals surface area contributed by atoms with Crippen molar-refractivity contribution in [2.24, 2.45) is 11.7 Å². The number of hydrogen-bond donors (Lipinski definition) is 1. The third kappa shape index (κ3) is 5.19. The molecule has 0 fully saturated rings. The van der Waals surface area contributed by atoms with Gasteiger partial charge in [-0.2, -0.15) is 0 Å². The third-order valence-electron chi connectivity index (χ3n) is 1.69. The summed E-state index contributed by atoms with van der Waals surface area (Å²) >= 11 is 0. The Bertz CT molecular complexity index is 144. The van der Waals surface area contributed by atoms with E-state index in [1.54, 1.807) is 0 Å². The van der Waals surface area contributed by atoms with Crippen molar-refractivity contribution in [2.45, 2.75) is 39.7 Å². The van der Waals surface area contributed by atoms with Gasteiger partial charge in [0.2, 0.25) is 0 Å². The zero-order valence-electron chi connectivity index (χ0n) is 8.68. The number of ether oxygens (including phenoxy) is 1. The summed E-state index contributed by atoms with van der Waals surface area (Å²) in [4.78, 5) is 0. The molecule has 0 heterocycles. The van der Waals surface area contributed by atoms with Crippen LogP contribution >= 0.6 is 0 Å². The lowest BCUT2D eigenvalue weighted by Gasteiger charge is -2.22. The summed E-state index contributed by atoms with van der Waals surface area (Å²) in [6.07, 6.45) is 1.05. The van der Waals surface area contributed by atoms with Crippen LogP contribution in [-0.2, 0) is 4.74 Å². The quantitative estimate of drug-likeness (QED) is 0.644. The Balaban J connectivity index is 3.59. The molecule has 0 aromatic carbocycles. The summed E-state index contributed by atoms with van der Waals surface area (Å²) in [5, 5.41) is 0. The van der Waals surface area contributed by atoms with Gasteiger partial charge >= 0.3 is 0 Å². The molecule has 0 spiro atoms. The van der Waals surface area contributed by atoms with Gasteiger partial charge in [0.05, 0.1) is 12.1 Å². The molecule has 0 radical (unpaired) electrons. The maximum Gasteiger partial charge on any atom is 0.108 e. The first kappa shape index (κ1) is 11.5. The van der Waals surface area contributed by atoms with E-state index in [-0.39, 0.29) is 0 Å². The maximum atomic E-state index is 5.77. The zero-order valence-corrected chi connectivity index (χ0v) is 8.68. The minimum Gasteiger partial charge on any atom is -0.497 e. The minimum absolute atomic E-state index is 0.420. The first-order valence-electron chi connectivity index (χ1n) is 4.45. The highest BCUT2D eigenvalue weighted by Crippen LogP contribution is 2.12. The fourth-order valence-electron chi connectivity index (χ4n) is 0.604. The molecule has 0 amide bonds. The smallest absolute Gasteiger partial charge is 0.108 e. The van der Waals surface area contributed by atoms with Crippen LogP contribution in [0.15, 0.2) is 12.3 Å². The largest absolute Gasteiger partial charge is 0.497 e. The SMILES string of the molecule is C=C(OCCC(C)C)C(C)(C)N. The minimum atomic E-state index is -0.420. The molecule has 0 aromatic rings. The van der Waals surface area contributed by atoms with E-state index < -0.39 is 5.54 Å². The van der Waals surface area contributed by atoms with E-state index >= 15 is 0 Å². The van der Waals surface area contributed by atoms with Crippen LogP contribution in [-0.4, -0.2) is 12.1 Å². The van der Waals surface area contributed by atoms with Gasteiger partial charge in [0.25, 0.3) is 0 Å². The van der Waals surface area contributed by atoms with Crippen LogP contribution in [0.5, 0.6) is 0 Å². The molecule has 0 aliphatic heterocycles. The molecule has 0 saturated carbocycles. The van der Waals surface area contributed by atoms with Crippen LogP contribution in [0, 0.1) is 5.92 Å². The fourth-order valence-corrected chi connectivity index (χ4v) is 0.604. The molecule has 0 aromatic heterocycles. The van der Waals surface area contributed by atoms with Crippen LogP contribution < -0.4 is 5.73 Å². The lowest BCUT2D eigenvalue weighted by Crippen LogP contribution is -2.35. The van der Waals surface area contributed by atoms with E-state index in [9.17, 15) is 0 Å². The topological polar surface area (TPSA) is 35.2 Å². The fraction of sp³-hybridized carbons (Fsp3) is 0.800. The van der Waals surface area contributed by atoms with Crippen LogP contribution in [0.25, 0.3) is 0 Å². The normalized spacial score (nSPS) is 11.8. The number of rotatable bonds is 5. The molecular weight excluding hydrogens is 150 g/mol. The van der Waals surface area contributed by atoms with E-state index in [2.05, 4.69) is 20.4 Å². The van der Waals surface area contributed by atoms with E-state index in [0.29, 0.717) is 11.7 Å². The van der Waals surface area contributed by atoms with Gasteiger partial charge in [0, 0.05) is 0 Å². The van der Waals surface area contributed by atoms with Crippen molar-refractivity contribution in [3.05, 3.63) is 12.3 Å². The average Bonchev–Trinajstić information content (AvgIpc) is 1.84. The standard InChI is InChI=1S/C10H21NO/c1-8(2)6-7-12-9(3)10(4,5)11/h8H,3,6-7,11H2,1-2,4-5H3. The molecule has 72 valence electrons. The molecular formula is C10H21NO. The molecule has 0 rings (SSSR count). The molecule has 0 saturated heterocycles. The van der Waals surface area contributed by atoms with Crippen molar-refractivity contribution in [3.63, 3.8) is 0 Å². The summed E-state index contributed by atoms with van der Waals surface area (Å²) in [6.45, 7) is 12.6. The van der Waals surface area contributed by atoms with Gasteiger partial charge in [0.15, 0.2) is 0 Å². The van der Waals surface area contributed by atoms with Crippen LogP contribution in [0.2, 0.25) is 0 Å². The summed E-state index contributed by atoms with van der Waals surface area (Å²) in [5.41, 5.74) is 5.35. The molecule has 0 aliphatic rings. The summed E-state index contributed by atoms with van der Waals surface area (Å²) in [7, 11) is 0. The Morgan fingerprint density at radius 2 is 2.00 bits per heavy atom. The first-order chi connectivity index (χ1) is 5.34. The maximum absolute atomic E-state index is 5.77. The van der Waals surface area contributed by atoms with Gasteiger partial charge in [0.1, 0.15) is 5.76 Å². The molecule has 0 bridgehead atoms. The number of hydrogen-bond acceptors (Lipinski definition) is 2. The van der Waals surface area contributed by atoms with Gasteiger partial charge < -0.3 is 10.5 Å². The summed E-state index contributed by atoms with van der Waals surface area (Å²) < 4.78 is 5.40. The van der Waals surface area contributed by atoms with Crippen LogP contribution in [0.4, 0.5) is 0 Å². The van der Waals surface area contributed by atoms with Crippen molar-refractivity contribution >= 4 is 0 Å². The first-order valence-corrected chi connectivity index (χ1v) is 4.45. The molecule has 2 heteroatoms.